The molecule has 0 aliphatic heterocycles. The van der Waals surface area contributed by atoms with Crippen molar-refractivity contribution in [1.82, 2.24) is 0 Å². The van der Waals surface area contributed by atoms with Crippen molar-refractivity contribution in [3.05, 3.63) is 0 Å². The second-order valence-corrected chi connectivity index (χ2v) is 23.4. The Morgan fingerprint density at radius 1 is 0.247 bits per heavy atom. The van der Waals surface area contributed by atoms with Gasteiger partial charge in [0.05, 0.1) is 0 Å². The Morgan fingerprint density at radius 2 is 0.403 bits per heavy atom. The molecule has 0 aromatic rings. The quantitative estimate of drug-likeness (QED) is 0.0334. The molecule has 452 valence electrons. The summed E-state index contributed by atoms with van der Waals surface area (Å²) in [5, 5.41) is 21.0. The van der Waals surface area contributed by atoms with Crippen molar-refractivity contribution in [3.63, 3.8) is 0 Å². The predicted molar refractivity (Wildman–Crippen MR) is 320 cm³/mol. The van der Waals surface area contributed by atoms with Gasteiger partial charge in [-0.1, -0.05) is 297 Å². The fourth-order valence-corrected chi connectivity index (χ4v) is 10.6. The van der Waals surface area contributed by atoms with Crippen molar-refractivity contribution in [2.24, 2.45) is 0 Å². The Hall–Kier alpha value is -1.50. The zero-order chi connectivity index (χ0) is 55.9. The summed E-state index contributed by atoms with van der Waals surface area (Å²) in [6, 6.07) is 0. The topological polar surface area (TPSA) is 133 Å². The molecule has 0 heterocycles. The zero-order valence-electron chi connectivity index (χ0n) is 52.1. The molecule has 0 bridgehead atoms. The Labute approximate surface area is 492 Å². The predicted octanol–water partition coefficient (Wildman–Crippen LogP) is 20.0. The second-order valence-electron chi connectivity index (χ2n) is 23.4. The van der Waals surface area contributed by atoms with Crippen molar-refractivity contribution in [2.75, 3.05) is 0 Å². The van der Waals surface area contributed by atoms with Crippen molar-refractivity contribution >= 4 is 23.9 Å². The van der Waals surface area contributed by atoms with Crippen LogP contribution < -0.4 is 10.2 Å². The van der Waals surface area contributed by atoms with Crippen LogP contribution in [0.5, 0.6) is 0 Å². The molecule has 0 aromatic heterocycles. The standard InChI is InChI=1S/2C34H66O4.Zn/c2*1-3-5-7-9-11-12-13-14-15-16-17-23-27-31-34(37)38-32(28-24-20-10-8-6-4-2)29-25-21-18-19-22-26-30-33(35)36;/h2*32H,3-31H2,1-2H3,(H,35,36);/q;;+2/p-2. The zero-order valence-corrected chi connectivity index (χ0v) is 55.1. The number of carboxylic acid groups (broad SMARTS) is 2. The van der Waals surface area contributed by atoms with Crippen LogP contribution in [0.1, 0.15) is 400 Å². The number of aliphatic carboxylic acids is 2. The fraction of sp³-hybridized carbons (Fsp3) is 0.941. The molecule has 2 unspecified atom stereocenters. The molecule has 2 atom stereocenters. The first kappa shape index (κ1) is 79.7. The summed E-state index contributed by atoms with van der Waals surface area (Å²) >= 11 is 0. The largest absolute Gasteiger partial charge is 2.00 e. The van der Waals surface area contributed by atoms with E-state index in [-0.39, 0.29) is 56.5 Å². The molecule has 0 spiro atoms. The molecule has 0 aliphatic rings. The summed E-state index contributed by atoms with van der Waals surface area (Å²) in [6.07, 6.45) is 67.3. The van der Waals surface area contributed by atoms with E-state index in [9.17, 15) is 29.4 Å². The van der Waals surface area contributed by atoms with Gasteiger partial charge < -0.3 is 29.3 Å². The van der Waals surface area contributed by atoms with Crippen LogP contribution in [0, 0.1) is 0 Å². The van der Waals surface area contributed by atoms with Crippen LogP contribution in [0.4, 0.5) is 0 Å². The Bertz CT molecular complexity index is 1110. The Kier molecular flexibility index (Phi) is 71.2. The number of unbranched alkanes of at least 4 members (excludes halogenated alkanes) is 44. The maximum absolute atomic E-state index is 12.5. The van der Waals surface area contributed by atoms with Gasteiger partial charge in [0.2, 0.25) is 0 Å². The monoisotopic (exact) mass is 1140 g/mol. The summed E-state index contributed by atoms with van der Waals surface area (Å²) in [7, 11) is 0. The molecule has 8 nitrogen and oxygen atoms in total. The molecule has 0 fully saturated rings. The van der Waals surface area contributed by atoms with Gasteiger partial charge in [-0.25, -0.2) is 0 Å². The molecule has 0 aliphatic carbocycles. The summed E-state index contributed by atoms with van der Waals surface area (Å²) in [5.74, 6) is -1.87. The van der Waals surface area contributed by atoms with Crippen molar-refractivity contribution in [3.8, 4) is 0 Å². The minimum atomic E-state index is -0.942. The number of hydrogen-bond acceptors (Lipinski definition) is 8. The minimum absolute atomic E-state index is 0. The normalized spacial score (nSPS) is 11.9. The molecule has 0 amide bonds. The first-order valence-electron chi connectivity index (χ1n) is 34.0. The summed E-state index contributed by atoms with van der Waals surface area (Å²) in [5.41, 5.74) is 0. The van der Waals surface area contributed by atoms with Crippen LogP contribution in [0.25, 0.3) is 0 Å². The maximum atomic E-state index is 12.5. The molecule has 9 heteroatoms. The average molecular weight is 1140 g/mol. The van der Waals surface area contributed by atoms with Crippen LogP contribution in [-0.4, -0.2) is 36.1 Å². The third-order valence-corrected chi connectivity index (χ3v) is 15.6. The molecule has 0 aromatic carbocycles. The molecule has 0 saturated carbocycles. The Morgan fingerprint density at radius 3 is 0.584 bits per heavy atom. The van der Waals surface area contributed by atoms with Crippen molar-refractivity contribution in [2.45, 2.75) is 412 Å². The first-order chi connectivity index (χ1) is 37.2. The summed E-state index contributed by atoms with van der Waals surface area (Å²) in [4.78, 5) is 46.0. The van der Waals surface area contributed by atoms with Gasteiger partial charge in [-0.05, 0) is 89.9 Å². The van der Waals surface area contributed by atoms with Crippen molar-refractivity contribution in [1.29, 1.82) is 0 Å². The van der Waals surface area contributed by atoms with E-state index in [1.165, 1.54) is 205 Å². The van der Waals surface area contributed by atoms with Gasteiger partial charge in [0.15, 0.2) is 0 Å². The average Bonchev–Trinajstić information content (AvgIpc) is 3.40. The second kappa shape index (κ2) is 68.8. The van der Waals surface area contributed by atoms with Gasteiger partial charge in [0.1, 0.15) is 12.2 Å². The molecule has 0 radical (unpaired) electrons. The van der Waals surface area contributed by atoms with Gasteiger partial charge in [-0.15, -0.1) is 0 Å². The molecule has 77 heavy (non-hydrogen) atoms. The van der Waals surface area contributed by atoms with Gasteiger partial charge in [-0.2, -0.15) is 0 Å². The van der Waals surface area contributed by atoms with E-state index >= 15 is 0 Å². The smallest absolute Gasteiger partial charge is 0.550 e. The minimum Gasteiger partial charge on any atom is -0.550 e. The van der Waals surface area contributed by atoms with Crippen LogP contribution in [0.15, 0.2) is 0 Å². The summed E-state index contributed by atoms with van der Waals surface area (Å²) in [6.45, 7) is 9.04. The third-order valence-electron chi connectivity index (χ3n) is 15.6. The van der Waals surface area contributed by atoms with Crippen LogP contribution in [0.2, 0.25) is 0 Å². The van der Waals surface area contributed by atoms with E-state index in [0.29, 0.717) is 12.8 Å². The van der Waals surface area contributed by atoms with E-state index in [1.807, 2.05) is 0 Å². The fourth-order valence-electron chi connectivity index (χ4n) is 10.6. The first-order valence-corrected chi connectivity index (χ1v) is 34.0. The van der Waals surface area contributed by atoms with Gasteiger partial charge in [0.25, 0.3) is 0 Å². The van der Waals surface area contributed by atoms with Crippen molar-refractivity contribution < 1.29 is 58.3 Å². The van der Waals surface area contributed by atoms with E-state index in [0.717, 1.165) is 141 Å². The number of hydrogen-bond donors (Lipinski definition) is 0. The Balaban J connectivity index is -0.00000140. The van der Waals surface area contributed by atoms with Gasteiger partial charge in [-0.3, -0.25) is 9.59 Å². The van der Waals surface area contributed by atoms with E-state index in [4.69, 9.17) is 9.47 Å². The SMILES string of the molecule is CCCCCCCCCCCCCCCC(=O)OC(CCCCCCCC)CCCCCCCCC(=O)[O-].CCCCCCCCCCCCCCCC(=O)OC(CCCCCCCC)CCCCCCCCC(=O)[O-].[Zn+2]. The number of rotatable bonds is 62. The molecule has 0 rings (SSSR count). The number of carbonyl (C=O) groups is 4. The number of ether oxygens (including phenoxy) is 2. The molecular weight excluding hydrogens is 1010 g/mol. The maximum Gasteiger partial charge on any atom is 2.00 e. The molecule has 0 saturated heterocycles. The number of carbonyl (C=O) groups excluding carboxylic acids is 4. The molecular formula is C68H130O8Zn. The van der Waals surface area contributed by atoms with Gasteiger partial charge >= 0.3 is 31.4 Å². The summed E-state index contributed by atoms with van der Waals surface area (Å²) < 4.78 is 11.9. The van der Waals surface area contributed by atoms with Crippen LogP contribution in [0.3, 0.4) is 0 Å². The van der Waals surface area contributed by atoms with E-state index in [1.54, 1.807) is 0 Å². The van der Waals surface area contributed by atoms with E-state index in [2.05, 4.69) is 27.7 Å². The number of esters is 2. The van der Waals surface area contributed by atoms with Crippen LogP contribution in [-0.2, 0) is 48.1 Å². The van der Waals surface area contributed by atoms with E-state index < -0.39 is 11.9 Å². The van der Waals surface area contributed by atoms with Gasteiger partial charge in [0, 0.05) is 24.8 Å². The van der Waals surface area contributed by atoms with Crippen LogP contribution >= 0.6 is 0 Å². The number of carboxylic acids is 2. The molecule has 0 N–H and O–H groups in total. The third kappa shape index (κ3) is 70.6.